The summed E-state index contributed by atoms with van der Waals surface area (Å²) in [7, 11) is -3.29. The highest BCUT2D eigenvalue weighted by atomic mass is 32.2. The van der Waals surface area contributed by atoms with Gasteiger partial charge in [-0.3, -0.25) is 0 Å². The summed E-state index contributed by atoms with van der Waals surface area (Å²) in [6, 6.07) is 5.37. The van der Waals surface area contributed by atoms with Crippen LogP contribution >= 0.6 is 0 Å². The number of fused-ring (bicyclic) bond motifs is 1. The quantitative estimate of drug-likeness (QED) is 0.854. The van der Waals surface area contributed by atoms with Gasteiger partial charge < -0.3 is 5.73 Å². The van der Waals surface area contributed by atoms with Gasteiger partial charge in [0.15, 0.2) is 0 Å². The summed E-state index contributed by atoms with van der Waals surface area (Å²) in [6.07, 6.45) is 2.14. The van der Waals surface area contributed by atoms with E-state index in [1.807, 2.05) is 32.0 Å². The van der Waals surface area contributed by atoms with Crippen molar-refractivity contribution in [1.29, 1.82) is 0 Å². The van der Waals surface area contributed by atoms with Crippen molar-refractivity contribution in [3.8, 4) is 0 Å². The Bertz CT molecular complexity index is 556. The van der Waals surface area contributed by atoms with Crippen LogP contribution in [0.5, 0.6) is 0 Å². The maximum atomic E-state index is 12.2. The average Bonchev–Trinajstić information content (AvgIpc) is 2.38. The van der Waals surface area contributed by atoms with Crippen molar-refractivity contribution in [2.45, 2.75) is 31.2 Å². The fourth-order valence-electron chi connectivity index (χ4n) is 2.02. The largest absolute Gasteiger partial charge is 0.328 e. The van der Waals surface area contributed by atoms with Crippen LogP contribution < -0.4 is 5.73 Å². The zero-order valence-corrected chi connectivity index (χ0v) is 10.2. The Balaban J connectivity index is 2.56. The number of benzene rings is 1. The second-order valence-electron chi connectivity index (χ2n) is 4.29. The molecule has 0 bridgehead atoms. The first-order valence-electron chi connectivity index (χ1n) is 5.24. The number of rotatable bonds is 2. The van der Waals surface area contributed by atoms with Crippen LogP contribution in [0.15, 0.2) is 28.0 Å². The van der Waals surface area contributed by atoms with Gasteiger partial charge in [-0.25, -0.2) is 8.42 Å². The molecule has 0 spiro atoms. The molecule has 3 nitrogen and oxygen atoms in total. The molecule has 1 unspecified atom stereocenters. The zero-order chi connectivity index (χ0) is 11.9. The predicted molar refractivity (Wildman–Crippen MR) is 64.6 cm³/mol. The smallest absolute Gasteiger partial charge is 0.203 e. The molecule has 2 N–H and O–H groups in total. The summed E-state index contributed by atoms with van der Waals surface area (Å²) in [5, 5.41) is 0. The third kappa shape index (κ3) is 1.68. The number of hydrogen-bond donors (Lipinski definition) is 1. The molecule has 0 amide bonds. The van der Waals surface area contributed by atoms with Gasteiger partial charge in [-0.1, -0.05) is 18.2 Å². The van der Waals surface area contributed by atoms with Gasteiger partial charge in [0.1, 0.15) is 0 Å². The second kappa shape index (κ2) is 3.71. The van der Waals surface area contributed by atoms with Crippen LogP contribution in [-0.4, -0.2) is 14.5 Å². The molecule has 4 heteroatoms. The minimum atomic E-state index is -3.29. The predicted octanol–water partition coefficient (Wildman–Crippen LogP) is 1.86. The molecule has 1 aromatic carbocycles. The monoisotopic (exact) mass is 237 g/mol. The number of hydrogen-bond acceptors (Lipinski definition) is 3. The molecular weight excluding hydrogens is 222 g/mol. The minimum Gasteiger partial charge on any atom is -0.328 e. The molecule has 1 aliphatic rings. The first-order valence-corrected chi connectivity index (χ1v) is 6.72. The van der Waals surface area contributed by atoms with Gasteiger partial charge >= 0.3 is 0 Å². The topological polar surface area (TPSA) is 60.2 Å². The Morgan fingerprint density at radius 3 is 2.62 bits per heavy atom. The summed E-state index contributed by atoms with van der Waals surface area (Å²) < 4.78 is 24.4. The molecule has 2 rings (SSSR count). The standard InChI is InChI=1S/C12H15NO2S/c1-8-4-3-5-10-7-11(6-9(2)13)16(14,15)12(8)10/h3-5,7,9H,6,13H2,1-2H3. The van der Waals surface area contributed by atoms with Crippen LogP contribution in [0, 0.1) is 6.92 Å². The summed E-state index contributed by atoms with van der Waals surface area (Å²) >= 11 is 0. The fraction of sp³-hybridized carbons (Fsp3) is 0.333. The molecule has 1 aliphatic heterocycles. The van der Waals surface area contributed by atoms with Gasteiger partial charge in [0.05, 0.1) is 9.80 Å². The van der Waals surface area contributed by atoms with Crippen molar-refractivity contribution in [3.05, 3.63) is 34.2 Å². The lowest BCUT2D eigenvalue weighted by Crippen LogP contribution is -2.17. The van der Waals surface area contributed by atoms with E-state index in [1.54, 1.807) is 6.08 Å². The van der Waals surface area contributed by atoms with E-state index in [-0.39, 0.29) is 6.04 Å². The Morgan fingerprint density at radius 2 is 2.06 bits per heavy atom. The van der Waals surface area contributed by atoms with E-state index in [9.17, 15) is 8.42 Å². The number of nitrogens with two attached hydrogens (primary N) is 1. The van der Waals surface area contributed by atoms with E-state index in [2.05, 4.69) is 0 Å². The zero-order valence-electron chi connectivity index (χ0n) is 9.40. The van der Waals surface area contributed by atoms with Crippen LogP contribution in [0.3, 0.4) is 0 Å². The van der Waals surface area contributed by atoms with Gasteiger partial charge in [-0.15, -0.1) is 0 Å². The number of aryl methyl sites for hydroxylation is 1. The Kier molecular flexibility index (Phi) is 2.64. The van der Waals surface area contributed by atoms with E-state index >= 15 is 0 Å². The first-order chi connectivity index (χ1) is 7.43. The van der Waals surface area contributed by atoms with Crippen molar-refractivity contribution in [3.63, 3.8) is 0 Å². The third-order valence-corrected chi connectivity index (χ3v) is 4.77. The molecule has 0 saturated carbocycles. The van der Waals surface area contributed by atoms with Crippen molar-refractivity contribution >= 4 is 15.9 Å². The Labute approximate surface area is 95.9 Å². The molecule has 1 atom stereocenters. The summed E-state index contributed by atoms with van der Waals surface area (Å²) in [6.45, 7) is 3.63. The van der Waals surface area contributed by atoms with E-state index in [0.29, 0.717) is 16.2 Å². The van der Waals surface area contributed by atoms with Crippen molar-refractivity contribution in [1.82, 2.24) is 0 Å². The molecule has 0 aromatic heterocycles. The van der Waals surface area contributed by atoms with Crippen LogP contribution in [0.1, 0.15) is 24.5 Å². The SMILES string of the molecule is Cc1cccc2c1S(=O)(=O)C(CC(C)N)=C2. The van der Waals surface area contributed by atoms with Crippen LogP contribution in [0.2, 0.25) is 0 Å². The Morgan fingerprint density at radius 1 is 1.38 bits per heavy atom. The molecule has 0 fully saturated rings. The van der Waals surface area contributed by atoms with E-state index in [4.69, 9.17) is 5.73 Å². The molecule has 16 heavy (non-hydrogen) atoms. The normalized spacial score (nSPS) is 19.1. The molecule has 0 saturated heterocycles. The molecular formula is C12H15NO2S. The lowest BCUT2D eigenvalue weighted by molar-refractivity contribution is 0.598. The summed E-state index contributed by atoms with van der Waals surface area (Å²) in [5.41, 5.74) is 7.25. The van der Waals surface area contributed by atoms with Gasteiger partial charge in [-0.2, -0.15) is 0 Å². The lowest BCUT2D eigenvalue weighted by Gasteiger charge is -2.07. The maximum absolute atomic E-state index is 12.2. The fourth-order valence-corrected chi connectivity index (χ4v) is 3.98. The third-order valence-electron chi connectivity index (χ3n) is 2.70. The highest BCUT2D eigenvalue weighted by Crippen LogP contribution is 2.36. The van der Waals surface area contributed by atoms with Gasteiger partial charge in [0.2, 0.25) is 9.84 Å². The van der Waals surface area contributed by atoms with E-state index < -0.39 is 9.84 Å². The molecule has 86 valence electrons. The molecule has 1 aromatic rings. The summed E-state index contributed by atoms with van der Waals surface area (Å²) in [4.78, 5) is 0.887. The van der Waals surface area contributed by atoms with Crippen LogP contribution in [0.25, 0.3) is 6.08 Å². The lowest BCUT2D eigenvalue weighted by atomic mass is 10.1. The maximum Gasteiger partial charge on any atom is 0.203 e. The highest BCUT2D eigenvalue weighted by molar-refractivity contribution is 7.95. The van der Waals surface area contributed by atoms with Crippen molar-refractivity contribution in [2.75, 3.05) is 0 Å². The average molecular weight is 237 g/mol. The van der Waals surface area contributed by atoms with Gasteiger partial charge in [-0.05, 0) is 37.5 Å². The van der Waals surface area contributed by atoms with E-state index in [1.165, 1.54) is 0 Å². The molecule has 0 aliphatic carbocycles. The number of sulfone groups is 1. The highest BCUT2D eigenvalue weighted by Gasteiger charge is 2.30. The minimum absolute atomic E-state index is 0.143. The molecule has 1 heterocycles. The van der Waals surface area contributed by atoms with Gasteiger partial charge in [0, 0.05) is 6.04 Å². The Hall–Kier alpha value is -1.13. The first kappa shape index (κ1) is 11.4. The van der Waals surface area contributed by atoms with Crippen molar-refractivity contribution < 1.29 is 8.42 Å². The molecule has 0 radical (unpaired) electrons. The second-order valence-corrected chi connectivity index (χ2v) is 6.23. The van der Waals surface area contributed by atoms with Crippen LogP contribution in [0.4, 0.5) is 0 Å². The van der Waals surface area contributed by atoms with Crippen LogP contribution in [-0.2, 0) is 9.84 Å². The van der Waals surface area contributed by atoms with Crippen molar-refractivity contribution in [2.24, 2.45) is 5.73 Å². The van der Waals surface area contributed by atoms with E-state index in [0.717, 1.165) is 11.1 Å². The summed E-state index contributed by atoms with van der Waals surface area (Å²) in [5.74, 6) is 0. The van der Waals surface area contributed by atoms with Gasteiger partial charge in [0.25, 0.3) is 0 Å².